The van der Waals surface area contributed by atoms with Crippen LogP contribution in [0, 0.1) is 6.92 Å². The third-order valence-electron chi connectivity index (χ3n) is 4.05. The Hall–Kier alpha value is -0.620. The van der Waals surface area contributed by atoms with E-state index in [1.165, 1.54) is 0 Å². The van der Waals surface area contributed by atoms with Crippen molar-refractivity contribution < 1.29 is 14.6 Å². The van der Waals surface area contributed by atoms with Crippen LogP contribution < -0.4 is 0 Å². The number of aryl methyl sites for hydroxylation is 2. The lowest BCUT2D eigenvalue weighted by molar-refractivity contribution is -0.165. The molecule has 0 radical (unpaired) electrons. The monoisotopic (exact) mass is 302 g/mol. The van der Waals surface area contributed by atoms with E-state index >= 15 is 0 Å². The van der Waals surface area contributed by atoms with Crippen LogP contribution in [0.4, 0.5) is 0 Å². The van der Waals surface area contributed by atoms with E-state index in [-0.39, 0.29) is 0 Å². The highest BCUT2D eigenvalue weighted by Gasteiger charge is 2.41. The Morgan fingerprint density at radius 3 is 2.65 bits per heavy atom. The molecular weight excluding hydrogens is 280 g/mol. The summed E-state index contributed by atoms with van der Waals surface area (Å²) in [6.07, 6.45) is 1.27. The molecule has 0 aromatic carbocycles. The largest absolute Gasteiger partial charge is 0.390 e. The molecule has 1 aromatic rings. The number of aliphatic hydroxyl groups excluding tert-OH is 1. The van der Waals surface area contributed by atoms with Crippen molar-refractivity contribution in [2.24, 2.45) is 7.05 Å². The van der Waals surface area contributed by atoms with E-state index in [1.807, 2.05) is 13.8 Å². The predicted octanol–water partition coefficient (Wildman–Crippen LogP) is 1.87. The number of halogens is 1. The van der Waals surface area contributed by atoms with Crippen molar-refractivity contribution in [2.45, 2.75) is 44.8 Å². The fraction of sp³-hybridized carbons (Fsp3) is 0.786. The average Bonchev–Trinajstić information content (AvgIpc) is 2.67. The first kappa shape index (κ1) is 15.8. The maximum absolute atomic E-state index is 10.7. The molecule has 1 unspecified atom stereocenters. The maximum Gasteiger partial charge on any atom is 0.130 e. The minimum absolute atomic E-state index is 0.457. The Morgan fingerprint density at radius 2 is 2.15 bits per heavy atom. The van der Waals surface area contributed by atoms with Crippen LogP contribution in [0.25, 0.3) is 0 Å². The van der Waals surface area contributed by atoms with E-state index in [0.29, 0.717) is 44.2 Å². The molecule has 0 aliphatic carbocycles. The van der Waals surface area contributed by atoms with Gasteiger partial charge in [-0.15, -0.1) is 0 Å². The lowest BCUT2D eigenvalue weighted by Crippen LogP contribution is -2.50. The van der Waals surface area contributed by atoms with Gasteiger partial charge in [-0.2, -0.15) is 5.10 Å². The van der Waals surface area contributed by atoms with Crippen molar-refractivity contribution in [2.75, 3.05) is 19.8 Å². The van der Waals surface area contributed by atoms with Gasteiger partial charge in [0.05, 0.1) is 17.4 Å². The zero-order valence-electron chi connectivity index (χ0n) is 12.4. The zero-order valence-corrected chi connectivity index (χ0v) is 13.1. The van der Waals surface area contributed by atoms with Crippen molar-refractivity contribution in [3.8, 4) is 0 Å². The Kier molecular flexibility index (Phi) is 5.07. The minimum atomic E-state index is -0.605. The Balaban J connectivity index is 2.17. The molecule has 1 aliphatic heterocycles. The molecule has 2 rings (SSSR count). The fourth-order valence-electron chi connectivity index (χ4n) is 2.86. The van der Waals surface area contributed by atoms with E-state index in [9.17, 15) is 5.11 Å². The zero-order chi connectivity index (χ0) is 14.8. The van der Waals surface area contributed by atoms with Crippen molar-refractivity contribution >= 4 is 11.6 Å². The average molecular weight is 303 g/mol. The molecule has 114 valence electrons. The van der Waals surface area contributed by atoms with Gasteiger partial charge in [0, 0.05) is 51.7 Å². The Labute approximate surface area is 124 Å². The van der Waals surface area contributed by atoms with Gasteiger partial charge in [0.2, 0.25) is 0 Å². The van der Waals surface area contributed by atoms with Gasteiger partial charge in [-0.25, -0.2) is 0 Å². The van der Waals surface area contributed by atoms with E-state index in [4.69, 9.17) is 21.1 Å². The molecule has 0 spiro atoms. The van der Waals surface area contributed by atoms with Crippen LogP contribution in [0.3, 0.4) is 0 Å². The summed E-state index contributed by atoms with van der Waals surface area (Å²) in [7, 11) is 1.80. The molecule has 0 bridgehead atoms. The SMILES string of the molecule is CCOC1(C(O)Cc2c(C)nn(C)c2Cl)CCOCC1. The standard InChI is InChI=1S/C14H23ClN2O3/c1-4-20-14(5-7-19-8-6-14)12(18)9-11-10(2)16-17(3)13(11)15/h12,18H,4-9H2,1-3H3. The molecule has 2 heterocycles. The normalized spacial score (nSPS) is 20.1. The summed E-state index contributed by atoms with van der Waals surface area (Å²) in [5, 5.41) is 15.6. The second kappa shape index (κ2) is 6.43. The molecule has 1 atom stereocenters. The number of aliphatic hydroxyl groups is 1. The highest BCUT2D eigenvalue weighted by Crippen LogP contribution is 2.32. The number of aromatic nitrogens is 2. The van der Waals surface area contributed by atoms with Crippen LogP contribution >= 0.6 is 11.6 Å². The highest BCUT2D eigenvalue weighted by atomic mass is 35.5. The van der Waals surface area contributed by atoms with E-state index in [1.54, 1.807) is 11.7 Å². The molecule has 6 heteroatoms. The van der Waals surface area contributed by atoms with Gasteiger partial charge in [0.1, 0.15) is 5.15 Å². The number of hydrogen-bond donors (Lipinski definition) is 1. The van der Waals surface area contributed by atoms with Gasteiger partial charge in [-0.05, 0) is 13.8 Å². The lowest BCUT2D eigenvalue weighted by atomic mass is 9.84. The Bertz CT molecular complexity index is 450. The van der Waals surface area contributed by atoms with Crippen LogP contribution in [0.1, 0.15) is 31.0 Å². The smallest absolute Gasteiger partial charge is 0.130 e. The second-order valence-electron chi connectivity index (χ2n) is 5.31. The van der Waals surface area contributed by atoms with Crippen LogP contribution in [0.2, 0.25) is 5.15 Å². The second-order valence-corrected chi connectivity index (χ2v) is 5.67. The lowest BCUT2D eigenvalue weighted by Gasteiger charge is -2.40. The summed E-state index contributed by atoms with van der Waals surface area (Å²) in [5.41, 5.74) is 1.22. The quantitative estimate of drug-likeness (QED) is 0.902. The first-order valence-electron chi connectivity index (χ1n) is 7.08. The molecular formula is C14H23ClN2O3. The van der Waals surface area contributed by atoms with Crippen LogP contribution in [-0.4, -0.2) is 46.4 Å². The van der Waals surface area contributed by atoms with Gasteiger partial charge in [-0.3, -0.25) is 4.68 Å². The summed E-state index contributed by atoms with van der Waals surface area (Å²) in [6.45, 7) is 5.68. The maximum atomic E-state index is 10.7. The topological polar surface area (TPSA) is 56.5 Å². The van der Waals surface area contributed by atoms with Gasteiger partial charge in [0.25, 0.3) is 0 Å². The molecule has 1 saturated heterocycles. The van der Waals surface area contributed by atoms with Crippen LogP contribution in [-0.2, 0) is 22.9 Å². The summed E-state index contributed by atoms with van der Waals surface area (Å²) in [4.78, 5) is 0. The minimum Gasteiger partial charge on any atom is -0.390 e. The number of hydrogen-bond acceptors (Lipinski definition) is 4. The third kappa shape index (κ3) is 3.01. The summed E-state index contributed by atoms with van der Waals surface area (Å²) in [5.74, 6) is 0. The van der Waals surface area contributed by atoms with Gasteiger partial charge < -0.3 is 14.6 Å². The van der Waals surface area contributed by atoms with Crippen LogP contribution in [0.5, 0.6) is 0 Å². The first-order valence-corrected chi connectivity index (χ1v) is 7.45. The van der Waals surface area contributed by atoms with E-state index < -0.39 is 11.7 Å². The number of ether oxygens (including phenoxy) is 2. The molecule has 1 aliphatic rings. The van der Waals surface area contributed by atoms with Gasteiger partial charge in [0.15, 0.2) is 0 Å². The molecule has 1 fully saturated rings. The third-order valence-corrected chi connectivity index (χ3v) is 4.52. The highest BCUT2D eigenvalue weighted by molar-refractivity contribution is 6.30. The van der Waals surface area contributed by atoms with Crippen LogP contribution in [0.15, 0.2) is 0 Å². The number of rotatable bonds is 5. The van der Waals surface area contributed by atoms with Gasteiger partial charge >= 0.3 is 0 Å². The van der Waals surface area contributed by atoms with E-state index in [2.05, 4.69) is 5.10 Å². The van der Waals surface area contributed by atoms with Crippen molar-refractivity contribution in [3.63, 3.8) is 0 Å². The van der Waals surface area contributed by atoms with E-state index in [0.717, 1.165) is 11.3 Å². The molecule has 1 aromatic heterocycles. The molecule has 1 N–H and O–H groups in total. The molecule has 20 heavy (non-hydrogen) atoms. The molecule has 5 nitrogen and oxygen atoms in total. The summed E-state index contributed by atoms with van der Waals surface area (Å²) >= 11 is 6.24. The fourth-order valence-corrected chi connectivity index (χ4v) is 3.11. The molecule has 0 amide bonds. The Morgan fingerprint density at radius 1 is 1.50 bits per heavy atom. The summed E-state index contributed by atoms with van der Waals surface area (Å²) < 4.78 is 12.9. The van der Waals surface area contributed by atoms with Crippen molar-refractivity contribution in [3.05, 3.63) is 16.4 Å². The number of nitrogens with zero attached hydrogens (tertiary/aromatic N) is 2. The summed E-state index contributed by atoms with van der Waals surface area (Å²) in [6, 6.07) is 0. The van der Waals surface area contributed by atoms with Gasteiger partial charge in [-0.1, -0.05) is 11.6 Å². The first-order chi connectivity index (χ1) is 9.50. The molecule has 0 saturated carbocycles. The predicted molar refractivity (Wildman–Crippen MR) is 77.1 cm³/mol. The van der Waals surface area contributed by atoms with Crippen molar-refractivity contribution in [1.29, 1.82) is 0 Å². The van der Waals surface area contributed by atoms with Crippen molar-refractivity contribution in [1.82, 2.24) is 9.78 Å².